The Balaban J connectivity index is 1.65. The maximum absolute atomic E-state index is 12.5. The van der Waals surface area contributed by atoms with Crippen molar-refractivity contribution in [3.05, 3.63) is 72.2 Å². The molecule has 0 aliphatic heterocycles. The van der Waals surface area contributed by atoms with Crippen molar-refractivity contribution in [2.45, 2.75) is 37.0 Å². The van der Waals surface area contributed by atoms with Crippen LogP contribution >= 0.6 is 11.8 Å². The molecule has 0 fully saturated rings. The molecule has 1 aromatic heterocycles. The van der Waals surface area contributed by atoms with Gasteiger partial charge in [-0.15, -0.1) is 11.8 Å². The van der Waals surface area contributed by atoms with Crippen molar-refractivity contribution >= 4 is 17.7 Å². The molecule has 1 atom stereocenters. The Labute approximate surface area is 158 Å². The first-order valence-electron chi connectivity index (χ1n) is 8.71. The lowest BCUT2D eigenvalue weighted by Crippen LogP contribution is -2.27. The third-order valence-corrected chi connectivity index (χ3v) is 4.94. The molecule has 0 spiro atoms. The maximum atomic E-state index is 12.5. The van der Waals surface area contributed by atoms with E-state index in [1.165, 1.54) is 4.90 Å². The van der Waals surface area contributed by atoms with Gasteiger partial charge in [-0.1, -0.05) is 44.2 Å². The van der Waals surface area contributed by atoms with Crippen molar-refractivity contribution in [1.29, 1.82) is 0 Å². The van der Waals surface area contributed by atoms with Gasteiger partial charge < -0.3 is 10.3 Å². The minimum Gasteiger partial charge on any atom is -0.342 e. The molecule has 1 amide bonds. The van der Waals surface area contributed by atoms with E-state index in [-0.39, 0.29) is 11.9 Å². The van der Waals surface area contributed by atoms with Crippen LogP contribution in [0.15, 0.2) is 65.7 Å². The number of rotatable bonds is 6. The predicted octanol–water partition coefficient (Wildman–Crippen LogP) is 5.07. The van der Waals surface area contributed by atoms with E-state index in [4.69, 9.17) is 0 Å². The summed E-state index contributed by atoms with van der Waals surface area (Å²) in [5.41, 5.74) is 2.67. The van der Waals surface area contributed by atoms with Crippen molar-refractivity contribution in [1.82, 2.24) is 15.3 Å². The molecule has 2 N–H and O–H groups in total. The van der Waals surface area contributed by atoms with Gasteiger partial charge in [-0.25, -0.2) is 4.98 Å². The predicted molar refractivity (Wildman–Crippen MR) is 107 cm³/mol. The molecule has 5 heteroatoms. The fraction of sp³-hybridized carbons (Fsp3) is 0.238. The number of aromatic nitrogens is 2. The van der Waals surface area contributed by atoms with Gasteiger partial charge in [0.2, 0.25) is 0 Å². The summed E-state index contributed by atoms with van der Waals surface area (Å²) in [5.74, 6) is 0.639. The highest BCUT2D eigenvalue weighted by atomic mass is 32.2. The number of hydrogen-bond acceptors (Lipinski definition) is 3. The van der Waals surface area contributed by atoms with Crippen LogP contribution in [0.1, 0.15) is 43.0 Å². The van der Waals surface area contributed by atoms with Gasteiger partial charge in [0, 0.05) is 15.7 Å². The smallest absolute Gasteiger partial charge is 0.251 e. The summed E-state index contributed by atoms with van der Waals surface area (Å²) >= 11 is 1.78. The second kappa shape index (κ2) is 8.23. The molecule has 134 valence electrons. The lowest BCUT2D eigenvalue weighted by Gasteiger charge is -2.12. The molecule has 3 rings (SSSR count). The van der Waals surface area contributed by atoms with Crippen molar-refractivity contribution in [2.24, 2.45) is 0 Å². The van der Waals surface area contributed by atoms with E-state index in [0.717, 1.165) is 17.1 Å². The van der Waals surface area contributed by atoms with Gasteiger partial charge in [0.1, 0.15) is 5.82 Å². The summed E-state index contributed by atoms with van der Waals surface area (Å²) in [7, 11) is 0. The minimum absolute atomic E-state index is 0.101. The average Bonchev–Trinajstić information content (AvgIpc) is 3.13. The Morgan fingerprint density at radius 2 is 1.73 bits per heavy atom. The van der Waals surface area contributed by atoms with Crippen LogP contribution in [0.2, 0.25) is 0 Å². The zero-order valence-corrected chi connectivity index (χ0v) is 16.0. The molecule has 4 nitrogen and oxygen atoms in total. The van der Waals surface area contributed by atoms with E-state index in [1.807, 2.05) is 61.5 Å². The molecule has 0 saturated carbocycles. The summed E-state index contributed by atoms with van der Waals surface area (Å²) in [5, 5.41) is 3.52. The number of hydrogen-bond donors (Lipinski definition) is 2. The highest BCUT2D eigenvalue weighted by Crippen LogP contribution is 2.23. The monoisotopic (exact) mass is 365 g/mol. The van der Waals surface area contributed by atoms with Crippen LogP contribution < -0.4 is 5.32 Å². The SMILES string of the molecule is CC(C)Sc1ccc(C(=O)NC(C)c2ncc(-c3ccccc3)[nH]2)cc1. The molecule has 3 aromatic rings. The fourth-order valence-electron chi connectivity index (χ4n) is 2.63. The van der Waals surface area contributed by atoms with Gasteiger partial charge in [0.15, 0.2) is 0 Å². The van der Waals surface area contributed by atoms with Crippen molar-refractivity contribution < 1.29 is 4.79 Å². The van der Waals surface area contributed by atoms with E-state index < -0.39 is 0 Å². The number of H-pyrrole nitrogens is 1. The van der Waals surface area contributed by atoms with E-state index in [2.05, 4.69) is 29.1 Å². The molecule has 0 radical (unpaired) electrons. The number of imidazole rings is 1. The Bertz CT molecular complexity index is 856. The topological polar surface area (TPSA) is 57.8 Å². The molecule has 1 unspecified atom stereocenters. The molecule has 1 heterocycles. The van der Waals surface area contributed by atoms with Gasteiger partial charge in [-0.05, 0) is 36.8 Å². The second-order valence-corrected chi connectivity index (χ2v) is 8.08. The minimum atomic E-state index is -0.204. The van der Waals surface area contributed by atoms with Crippen molar-refractivity contribution in [2.75, 3.05) is 0 Å². The third kappa shape index (κ3) is 4.55. The van der Waals surface area contributed by atoms with Crippen LogP contribution in [0.25, 0.3) is 11.3 Å². The number of carbonyl (C=O) groups is 1. The molecular formula is C21H23N3OS. The molecule has 26 heavy (non-hydrogen) atoms. The van der Waals surface area contributed by atoms with Crippen LogP contribution in [-0.2, 0) is 0 Å². The van der Waals surface area contributed by atoms with Crippen LogP contribution in [0, 0.1) is 0 Å². The van der Waals surface area contributed by atoms with E-state index in [9.17, 15) is 4.79 Å². The quantitative estimate of drug-likeness (QED) is 0.600. The maximum Gasteiger partial charge on any atom is 0.251 e. The zero-order chi connectivity index (χ0) is 18.5. The lowest BCUT2D eigenvalue weighted by molar-refractivity contribution is 0.0938. The highest BCUT2D eigenvalue weighted by Gasteiger charge is 2.15. The Morgan fingerprint density at radius 1 is 1.04 bits per heavy atom. The normalized spacial score (nSPS) is 12.2. The summed E-state index contributed by atoms with van der Waals surface area (Å²) in [6.45, 7) is 6.23. The number of carbonyl (C=O) groups excluding carboxylic acids is 1. The first kappa shape index (κ1) is 18.3. The van der Waals surface area contributed by atoms with E-state index in [1.54, 1.807) is 18.0 Å². The third-order valence-electron chi connectivity index (χ3n) is 3.93. The Kier molecular flexibility index (Phi) is 5.78. The van der Waals surface area contributed by atoms with Gasteiger partial charge in [-0.3, -0.25) is 4.79 Å². The van der Waals surface area contributed by atoms with Crippen LogP contribution in [0.5, 0.6) is 0 Å². The average molecular weight is 366 g/mol. The van der Waals surface area contributed by atoms with Crippen molar-refractivity contribution in [3.8, 4) is 11.3 Å². The zero-order valence-electron chi connectivity index (χ0n) is 15.2. The molecular weight excluding hydrogens is 342 g/mol. The molecule has 0 aliphatic rings. The standard InChI is InChI=1S/C21H23N3OS/c1-14(2)26-18-11-9-17(10-12-18)21(25)23-15(3)20-22-13-19(24-20)16-7-5-4-6-8-16/h4-15H,1-3H3,(H,22,24)(H,23,25). The van der Waals surface area contributed by atoms with Crippen molar-refractivity contribution in [3.63, 3.8) is 0 Å². The number of nitrogens with one attached hydrogen (secondary N) is 2. The first-order valence-corrected chi connectivity index (χ1v) is 9.59. The molecule has 2 aromatic carbocycles. The van der Waals surface area contributed by atoms with E-state index in [0.29, 0.717) is 10.8 Å². The summed E-state index contributed by atoms with van der Waals surface area (Å²) in [6, 6.07) is 17.5. The first-order chi connectivity index (χ1) is 12.5. The van der Waals surface area contributed by atoms with Gasteiger partial charge >= 0.3 is 0 Å². The highest BCUT2D eigenvalue weighted by molar-refractivity contribution is 7.99. The number of amides is 1. The Hall–Kier alpha value is -2.53. The fourth-order valence-corrected chi connectivity index (χ4v) is 3.46. The van der Waals surface area contributed by atoms with Gasteiger partial charge in [0.05, 0.1) is 17.9 Å². The van der Waals surface area contributed by atoms with Gasteiger partial charge in [-0.2, -0.15) is 0 Å². The summed E-state index contributed by atoms with van der Waals surface area (Å²) < 4.78 is 0. The van der Waals surface area contributed by atoms with Crippen LogP contribution in [-0.4, -0.2) is 21.1 Å². The Morgan fingerprint density at radius 3 is 2.38 bits per heavy atom. The second-order valence-electron chi connectivity index (χ2n) is 6.43. The largest absolute Gasteiger partial charge is 0.342 e. The number of benzene rings is 2. The summed E-state index contributed by atoms with van der Waals surface area (Å²) in [6.07, 6.45) is 1.80. The molecule has 0 bridgehead atoms. The molecule has 0 aliphatic carbocycles. The van der Waals surface area contributed by atoms with Crippen LogP contribution in [0.4, 0.5) is 0 Å². The lowest BCUT2D eigenvalue weighted by atomic mass is 10.2. The van der Waals surface area contributed by atoms with Crippen LogP contribution in [0.3, 0.4) is 0 Å². The number of nitrogens with zero attached hydrogens (tertiary/aromatic N) is 1. The summed E-state index contributed by atoms with van der Waals surface area (Å²) in [4.78, 5) is 21.3. The number of aromatic amines is 1. The van der Waals surface area contributed by atoms with Gasteiger partial charge in [0.25, 0.3) is 5.91 Å². The van der Waals surface area contributed by atoms with E-state index >= 15 is 0 Å². The number of thioether (sulfide) groups is 1. The molecule has 0 saturated heterocycles.